The summed E-state index contributed by atoms with van der Waals surface area (Å²) in [6, 6.07) is 7.28. The van der Waals surface area contributed by atoms with Gasteiger partial charge in [0.1, 0.15) is 23.1 Å². The van der Waals surface area contributed by atoms with Gasteiger partial charge in [0.15, 0.2) is 5.75 Å². The lowest BCUT2D eigenvalue weighted by Crippen LogP contribution is -2.50. The number of hydrogen-bond donors (Lipinski definition) is 4. The van der Waals surface area contributed by atoms with E-state index in [4.69, 9.17) is 28.3 Å². The van der Waals surface area contributed by atoms with Crippen LogP contribution in [0, 0.1) is 5.82 Å². The third-order valence-electron chi connectivity index (χ3n) is 5.60. The minimum Gasteiger partial charge on any atom is -0.494 e. The number of methoxy groups -OCH3 is 1. The van der Waals surface area contributed by atoms with Crippen LogP contribution in [0.25, 0.3) is 11.3 Å². The summed E-state index contributed by atoms with van der Waals surface area (Å²) in [7, 11) is 19.7. The number of pyridine rings is 2. The first-order valence-electron chi connectivity index (χ1n) is 11.9. The molecule has 0 aliphatic carbocycles. The fourth-order valence-electron chi connectivity index (χ4n) is 3.79. The van der Waals surface area contributed by atoms with Gasteiger partial charge in [0, 0.05) is 31.6 Å². The standard InChI is InChI=1S/C25H24B3FN8O3/c1-24(2,39)13-5-6-30-20(7-13)34-21-10-17(16(11-31-21)23(38)35-25(26,27)28)33-18-9-14(29)8-15(22(18)40-4)19-12-32-37(3)36-19/h5-12,39H,1-4H3,(H,35,38)(H2,30,31,33,34). The van der Waals surface area contributed by atoms with Gasteiger partial charge in [-0.3, -0.25) is 4.79 Å². The molecular weight excluding hydrogens is 512 g/mol. The number of aryl methyl sites for hydroxylation is 1. The van der Waals surface area contributed by atoms with Crippen molar-refractivity contribution in [3.63, 3.8) is 0 Å². The Bertz CT molecular complexity index is 1550. The lowest BCUT2D eigenvalue weighted by molar-refractivity contribution is 0.0785. The third kappa shape index (κ3) is 6.78. The van der Waals surface area contributed by atoms with Crippen molar-refractivity contribution in [2.75, 3.05) is 17.7 Å². The average Bonchev–Trinajstić information content (AvgIpc) is 3.28. The molecule has 0 atom stereocenters. The van der Waals surface area contributed by atoms with Crippen molar-refractivity contribution < 1.29 is 19.0 Å². The fourth-order valence-corrected chi connectivity index (χ4v) is 3.79. The molecule has 0 fully saturated rings. The number of carbonyl (C=O) groups excluding carboxylic acids is 1. The maximum absolute atomic E-state index is 14.8. The van der Waals surface area contributed by atoms with Gasteiger partial charge in [-0.05, 0) is 37.6 Å². The van der Waals surface area contributed by atoms with Crippen LogP contribution in [0.5, 0.6) is 5.75 Å². The van der Waals surface area contributed by atoms with E-state index < -0.39 is 22.6 Å². The first-order valence-corrected chi connectivity index (χ1v) is 11.9. The second kappa shape index (κ2) is 11.0. The Morgan fingerprint density at radius 3 is 2.40 bits per heavy atom. The number of nitrogens with one attached hydrogen (secondary N) is 3. The number of anilines is 4. The molecule has 0 aliphatic heterocycles. The molecule has 198 valence electrons. The molecule has 0 bridgehead atoms. The second-order valence-corrected chi connectivity index (χ2v) is 9.49. The molecule has 11 nitrogen and oxygen atoms in total. The molecule has 0 unspecified atom stereocenters. The molecule has 1 aromatic carbocycles. The van der Waals surface area contributed by atoms with Gasteiger partial charge in [0.05, 0.1) is 64.9 Å². The molecule has 4 aromatic rings. The quantitative estimate of drug-likeness (QED) is 0.237. The van der Waals surface area contributed by atoms with Gasteiger partial charge in [-0.1, -0.05) is 5.24 Å². The second-order valence-electron chi connectivity index (χ2n) is 9.49. The highest BCUT2D eigenvalue weighted by molar-refractivity contribution is 6.60. The zero-order valence-electron chi connectivity index (χ0n) is 22.2. The fraction of sp³-hybridized carbons (Fsp3) is 0.240. The number of ether oxygens (including phenoxy) is 1. The number of carbonyl (C=O) groups is 1. The Morgan fingerprint density at radius 2 is 1.77 bits per heavy atom. The van der Waals surface area contributed by atoms with E-state index in [1.54, 1.807) is 33.0 Å². The van der Waals surface area contributed by atoms with Crippen LogP contribution >= 0.6 is 0 Å². The van der Waals surface area contributed by atoms with E-state index in [1.165, 1.54) is 48.7 Å². The summed E-state index contributed by atoms with van der Waals surface area (Å²) in [6.45, 7) is 3.29. The number of aliphatic hydroxyl groups is 1. The lowest BCUT2D eigenvalue weighted by atomic mass is 9.49. The van der Waals surface area contributed by atoms with Crippen LogP contribution in [0.15, 0.2) is 48.9 Å². The largest absolute Gasteiger partial charge is 0.494 e. The molecule has 15 heteroatoms. The number of aromatic nitrogens is 5. The van der Waals surface area contributed by atoms with Crippen LogP contribution in [-0.2, 0) is 12.6 Å². The number of nitrogens with zero attached hydrogens (tertiary/aromatic N) is 5. The number of rotatable bonds is 9. The van der Waals surface area contributed by atoms with Crippen molar-refractivity contribution in [3.05, 3.63) is 65.9 Å². The SMILES string of the molecule is [B]C([B])([B])NC(=O)c1cnc(Nc2cc(C(C)(C)O)ccn2)cc1Nc1cc(F)cc(-c2cnn(C)n2)c1OC. The normalized spacial score (nSPS) is 11.7. The molecule has 1 amide bonds. The summed E-state index contributed by atoms with van der Waals surface area (Å²) >= 11 is 0. The predicted octanol–water partition coefficient (Wildman–Crippen LogP) is 1.98. The number of benzene rings is 1. The molecule has 40 heavy (non-hydrogen) atoms. The number of halogens is 1. The van der Waals surface area contributed by atoms with Crippen LogP contribution in [0.3, 0.4) is 0 Å². The number of hydrogen-bond acceptors (Lipinski definition) is 9. The van der Waals surface area contributed by atoms with Gasteiger partial charge in [-0.15, -0.1) is 0 Å². The Kier molecular flexibility index (Phi) is 7.87. The zero-order chi connectivity index (χ0) is 29.2. The maximum Gasteiger partial charge on any atom is 0.253 e. The van der Waals surface area contributed by atoms with E-state index in [9.17, 15) is 14.3 Å². The Labute approximate surface area is 234 Å². The lowest BCUT2D eigenvalue weighted by Gasteiger charge is -2.23. The third-order valence-corrected chi connectivity index (χ3v) is 5.60. The summed E-state index contributed by atoms with van der Waals surface area (Å²) in [4.78, 5) is 22.9. The van der Waals surface area contributed by atoms with Crippen LogP contribution in [0.4, 0.5) is 27.4 Å². The molecule has 4 rings (SSSR count). The Morgan fingerprint density at radius 1 is 1.05 bits per heavy atom. The monoisotopic (exact) mass is 536 g/mol. The van der Waals surface area contributed by atoms with Crippen molar-refractivity contribution >= 4 is 52.5 Å². The molecule has 0 spiro atoms. The molecule has 4 N–H and O–H groups in total. The summed E-state index contributed by atoms with van der Waals surface area (Å²) in [6.07, 6.45) is 4.25. The van der Waals surface area contributed by atoms with Gasteiger partial charge in [-0.25, -0.2) is 14.4 Å². The topological polar surface area (TPSA) is 139 Å². The molecular formula is C25H24B3FN8O3. The summed E-state index contributed by atoms with van der Waals surface area (Å²) in [5.41, 5.74) is 0.549. The Hall–Kier alpha value is -4.39. The summed E-state index contributed by atoms with van der Waals surface area (Å²) in [5.74, 6) is -0.456. The number of amides is 1. The summed E-state index contributed by atoms with van der Waals surface area (Å²) in [5, 5.41) is 24.9. The highest BCUT2D eigenvalue weighted by atomic mass is 19.1. The van der Waals surface area contributed by atoms with Crippen LogP contribution in [0.1, 0.15) is 29.8 Å². The average molecular weight is 536 g/mol. The van der Waals surface area contributed by atoms with Gasteiger partial charge in [-0.2, -0.15) is 15.0 Å². The van der Waals surface area contributed by atoms with Crippen molar-refractivity contribution in [3.8, 4) is 17.0 Å². The van der Waals surface area contributed by atoms with E-state index in [1.807, 2.05) is 0 Å². The van der Waals surface area contributed by atoms with Gasteiger partial charge in [0.25, 0.3) is 5.91 Å². The van der Waals surface area contributed by atoms with E-state index in [0.29, 0.717) is 22.6 Å². The molecule has 6 radical (unpaired) electrons. The van der Waals surface area contributed by atoms with E-state index in [-0.39, 0.29) is 28.5 Å². The molecule has 3 aromatic heterocycles. The molecule has 0 saturated heterocycles. The first-order chi connectivity index (χ1) is 18.7. The molecule has 0 aliphatic rings. The van der Waals surface area contributed by atoms with Crippen molar-refractivity contribution in [1.82, 2.24) is 30.3 Å². The zero-order valence-corrected chi connectivity index (χ0v) is 22.2. The highest BCUT2D eigenvalue weighted by Crippen LogP contribution is 2.39. The minimum atomic E-state index is -2.01. The molecule has 3 heterocycles. The highest BCUT2D eigenvalue weighted by Gasteiger charge is 2.22. The molecule has 0 saturated carbocycles. The van der Waals surface area contributed by atoms with Crippen molar-refractivity contribution in [2.24, 2.45) is 7.05 Å². The Balaban J connectivity index is 1.78. The van der Waals surface area contributed by atoms with Crippen molar-refractivity contribution in [1.29, 1.82) is 0 Å². The maximum atomic E-state index is 14.8. The van der Waals surface area contributed by atoms with Gasteiger partial charge in [0.2, 0.25) is 0 Å². The smallest absolute Gasteiger partial charge is 0.253 e. The van der Waals surface area contributed by atoms with E-state index >= 15 is 0 Å². The predicted molar refractivity (Wildman–Crippen MR) is 151 cm³/mol. The van der Waals surface area contributed by atoms with Gasteiger partial charge >= 0.3 is 0 Å². The minimum absolute atomic E-state index is 0.0122. The first kappa shape index (κ1) is 28.6. The van der Waals surface area contributed by atoms with Gasteiger partial charge < -0.3 is 25.8 Å². The van der Waals surface area contributed by atoms with Crippen LogP contribution in [0.2, 0.25) is 0 Å². The van der Waals surface area contributed by atoms with Crippen LogP contribution < -0.4 is 20.7 Å². The van der Waals surface area contributed by atoms with E-state index in [2.05, 4.69) is 36.1 Å². The summed E-state index contributed by atoms with van der Waals surface area (Å²) < 4.78 is 20.4. The van der Waals surface area contributed by atoms with Crippen LogP contribution in [-0.4, -0.2) is 71.9 Å². The van der Waals surface area contributed by atoms with E-state index in [0.717, 1.165) is 0 Å². The van der Waals surface area contributed by atoms with Crippen molar-refractivity contribution in [2.45, 2.75) is 24.7 Å².